The quantitative estimate of drug-likeness (QED) is 0.410. The second kappa shape index (κ2) is 7.40. The molecule has 142 valence electrons. The molecule has 0 spiro atoms. The Morgan fingerprint density at radius 2 is 1.45 bits per heavy atom. The largest absolute Gasteiger partial charge is 0.508 e. The SMILES string of the molecule is O=C(NN=Cc1ccc(O)cc1)c1ccc(N2C(=O)c3ccccc3C2=O)cc1. The lowest BCUT2D eigenvalue weighted by atomic mass is 10.1. The number of phenolic OH excluding ortho intramolecular Hbond substituents is 1. The predicted octanol–water partition coefficient (Wildman–Crippen LogP) is 2.96. The van der Waals surface area contributed by atoms with Gasteiger partial charge in [0.1, 0.15) is 5.75 Å². The van der Waals surface area contributed by atoms with E-state index in [1.165, 1.54) is 30.5 Å². The molecular weight excluding hydrogens is 370 g/mol. The molecule has 3 aromatic rings. The van der Waals surface area contributed by atoms with E-state index in [2.05, 4.69) is 10.5 Å². The highest BCUT2D eigenvalue weighted by Crippen LogP contribution is 2.28. The molecule has 0 saturated heterocycles. The van der Waals surface area contributed by atoms with E-state index in [4.69, 9.17) is 0 Å². The summed E-state index contributed by atoms with van der Waals surface area (Å²) in [6, 6.07) is 19.1. The predicted molar refractivity (Wildman–Crippen MR) is 107 cm³/mol. The van der Waals surface area contributed by atoms with E-state index in [9.17, 15) is 19.5 Å². The Balaban J connectivity index is 1.45. The number of benzene rings is 3. The molecule has 1 aliphatic rings. The lowest BCUT2D eigenvalue weighted by Gasteiger charge is -2.14. The van der Waals surface area contributed by atoms with Crippen LogP contribution in [-0.2, 0) is 0 Å². The molecule has 0 saturated carbocycles. The monoisotopic (exact) mass is 385 g/mol. The summed E-state index contributed by atoms with van der Waals surface area (Å²) in [5.74, 6) is -1.07. The zero-order valence-electron chi connectivity index (χ0n) is 15.1. The highest BCUT2D eigenvalue weighted by Gasteiger charge is 2.36. The third-order valence-corrected chi connectivity index (χ3v) is 4.45. The summed E-state index contributed by atoms with van der Waals surface area (Å²) in [6.45, 7) is 0. The molecule has 0 aromatic heterocycles. The molecule has 3 aromatic carbocycles. The second-order valence-corrected chi connectivity index (χ2v) is 6.33. The number of hydrazone groups is 1. The molecular formula is C22H15N3O4. The molecule has 0 bridgehead atoms. The van der Waals surface area contributed by atoms with E-state index in [1.807, 2.05) is 0 Å². The number of anilines is 1. The molecule has 2 N–H and O–H groups in total. The van der Waals surface area contributed by atoms with Crippen molar-refractivity contribution >= 4 is 29.6 Å². The summed E-state index contributed by atoms with van der Waals surface area (Å²) in [5.41, 5.74) is 4.56. The van der Waals surface area contributed by atoms with Gasteiger partial charge in [-0.05, 0) is 66.2 Å². The smallest absolute Gasteiger partial charge is 0.271 e. The standard InChI is InChI=1S/C22H15N3O4/c26-17-11-5-14(6-12-17)13-23-24-20(27)15-7-9-16(10-8-15)25-21(28)18-3-1-2-4-19(18)22(25)29/h1-13,26H,(H,24,27). The fourth-order valence-corrected chi connectivity index (χ4v) is 2.98. The van der Waals surface area contributed by atoms with Crippen LogP contribution in [0.25, 0.3) is 0 Å². The Morgan fingerprint density at radius 3 is 2.03 bits per heavy atom. The van der Waals surface area contributed by atoms with Crippen LogP contribution in [0.1, 0.15) is 36.6 Å². The number of phenols is 1. The summed E-state index contributed by atoms with van der Waals surface area (Å²) in [5, 5.41) is 13.1. The van der Waals surface area contributed by atoms with Crippen LogP contribution in [0.15, 0.2) is 77.9 Å². The van der Waals surface area contributed by atoms with Gasteiger partial charge in [-0.25, -0.2) is 10.3 Å². The van der Waals surface area contributed by atoms with Gasteiger partial charge in [0.15, 0.2) is 0 Å². The number of hydrogen-bond acceptors (Lipinski definition) is 5. The molecule has 7 heteroatoms. The van der Waals surface area contributed by atoms with Crippen molar-refractivity contribution in [1.29, 1.82) is 0 Å². The van der Waals surface area contributed by atoms with E-state index >= 15 is 0 Å². The van der Waals surface area contributed by atoms with Crippen molar-refractivity contribution in [3.05, 3.63) is 95.1 Å². The van der Waals surface area contributed by atoms with E-state index in [0.717, 1.165) is 4.90 Å². The fourth-order valence-electron chi connectivity index (χ4n) is 2.98. The van der Waals surface area contributed by atoms with Crippen molar-refractivity contribution in [1.82, 2.24) is 5.43 Å². The first-order valence-corrected chi connectivity index (χ1v) is 8.75. The van der Waals surface area contributed by atoms with Gasteiger partial charge >= 0.3 is 0 Å². The summed E-state index contributed by atoms with van der Waals surface area (Å²) in [4.78, 5) is 38.3. The summed E-state index contributed by atoms with van der Waals surface area (Å²) in [6.07, 6.45) is 1.45. The molecule has 1 heterocycles. The summed E-state index contributed by atoms with van der Waals surface area (Å²) < 4.78 is 0. The van der Waals surface area contributed by atoms with Gasteiger partial charge in [0.05, 0.1) is 23.0 Å². The van der Waals surface area contributed by atoms with Crippen molar-refractivity contribution in [2.75, 3.05) is 4.90 Å². The molecule has 1 aliphatic heterocycles. The van der Waals surface area contributed by atoms with Gasteiger partial charge in [-0.3, -0.25) is 14.4 Å². The van der Waals surface area contributed by atoms with Crippen LogP contribution < -0.4 is 10.3 Å². The van der Waals surface area contributed by atoms with E-state index in [1.54, 1.807) is 48.5 Å². The van der Waals surface area contributed by atoms with E-state index < -0.39 is 5.91 Å². The Labute approximate surface area is 165 Å². The van der Waals surface area contributed by atoms with Gasteiger partial charge in [0.25, 0.3) is 17.7 Å². The number of nitrogens with zero attached hydrogens (tertiary/aromatic N) is 2. The minimum absolute atomic E-state index is 0.143. The van der Waals surface area contributed by atoms with Gasteiger partial charge in [-0.15, -0.1) is 0 Å². The van der Waals surface area contributed by atoms with Crippen LogP contribution >= 0.6 is 0 Å². The summed E-state index contributed by atoms with van der Waals surface area (Å²) >= 11 is 0. The highest BCUT2D eigenvalue weighted by atomic mass is 16.3. The van der Waals surface area contributed by atoms with E-state index in [0.29, 0.717) is 27.9 Å². The highest BCUT2D eigenvalue weighted by molar-refractivity contribution is 6.34. The Hall–Kier alpha value is -4.26. The summed E-state index contributed by atoms with van der Waals surface area (Å²) in [7, 11) is 0. The van der Waals surface area contributed by atoms with Gasteiger partial charge in [0, 0.05) is 5.56 Å². The number of amides is 3. The van der Waals surface area contributed by atoms with Gasteiger partial charge in [0.2, 0.25) is 0 Å². The fraction of sp³-hybridized carbons (Fsp3) is 0. The maximum atomic E-state index is 12.5. The topological polar surface area (TPSA) is 99.1 Å². The molecule has 0 radical (unpaired) electrons. The molecule has 0 unspecified atom stereocenters. The number of carbonyl (C=O) groups is 3. The van der Waals surface area contributed by atoms with Crippen LogP contribution in [0.3, 0.4) is 0 Å². The molecule has 0 aliphatic carbocycles. The number of carbonyl (C=O) groups excluding carboxylic acids is 3. The first-order chi connectivity index (χ1) is 14.0. The molecule has 7 nitrogen and oxygen atoms in total. The number of rotatable bonds is 4. The van der Waals surface area contributed by atoms with Crippen LogP contribution in [0.4, 0.5) is 5.69 Å². The Bertz CT molecular complexity index is 1100. The number of imide groups is 1. The van der Waals surface area contributed by atoms with Crippen LogP contribution in [0.5, 0.6) is 5.75 Å². The molecule has 3 amide bonds. The zero-order valence-corrected chi connectivity index (χ0v) is 15.1. The molecule has 0 fully saturated rings. The lowest BCUT2D eigenvalue weighted by Crippen LogP contribution is -2.29. The van der Waals surface area contributed by atoms with Crippen molar-refractivity contribution in [3.8, 4) is 5.75 Å². The normalized spacial score (nSPS) is 13.0. The number of fused-ring (bicyclic) bond motifs is 1. The van der Waals surface area contributed by atoms with Gasteiger partial charge in [-0.2, -0.15) is 5.10 Å². The Kier molecular flexibility index (Phi) is 4.62. The number of hydrogen-bond donors (Lipinski definition) is 2. The van der Waals surface area contributed by atoms with Crippen molar-refractivity contribution < 1.29 is 19.5 Å². The first kappa shape index (κ1) is 18.1. The van der Waals surface area contributed by atoms with Crippen molar-refractivity contribution in [2.24, 2.45) is 5.10 Å². The van der Waals surface area contributed by atoms with Gasteiger partial charge in [-0.1, -0.05) is 12.1 Å². The second-order valence-electron chi connectivity index (χ2n) is 6.33. The minimum atomic E-state index is -0.436. The van der Waals surface area contributed by atoms with Crippen molar-refractivity contribution in [3.63, 3.8) is 0 Å². The average Bonchev–Trinajstić information content (AvgIpc) is 3.00. The third kappa shape index (κ3) is 3.49. The average molecular weight is 385 g/mol. The lowest BCUT2D eigenvalue weighted by molar-refractivity contribution is 0.0923. The van der Waals surface area contributed by atoms with Crippen LogP contribution in [0, 0.1) is 0 Å². The van der Waals surface area contributed by atoms with Crippen LogP contribution in [0.2, 0.25) is 0 Å². The van der Waals surface area contributed by atoms with Crippen LogP contribution in [-0.4, -0.2) is 29.0 Å². The van der Waals surface area contributed by atoms with Crippen molar-refractivity contribution in [2.45, 2.75) is 0 Å². The molecule has 0 atom stereocenters. The number of aromatic hydroxyl groups is 1. The third-order valence-electron chi connectivity index (χ3n) is 4.45. The van der Waals surface area contributed by atoms with Gasteiger partial charge < -0.3 is 5.11 Å². The maximum absolute atomic E-state index is 12.5. The zero-order chi connectivity index (χ0) is 20.4. The maximum Gasteiger partial charge on any atom is 0.271 e. The molecule has 4 rings (SSSR count). The first-order valence-electron chi connectivity index (χ1n) is 8.75. The van der Waals surface area contributed by atoms with E-state index in [-0.39, 0.29) is 17.6 Å². The minimum Gasteiger partial charge on any atom is -0.508 e. The number of nitrogens with one attached hydrogen (secondary N) is 1. The Morgan fingerprint density at radius 1 is 0.862 bits per heavy atom. The molecule has 29 heavy (non-hydrogen) atoms.